The molecule has 0 unspecified atom stereocenters. The molecule has 3 heteroatoms. The Kier molecular flexibility index (Phi) is 14.5. The van der Waals surface area contributed by atoms with E-state index in [0.717, 1.165) is 32.7 Å². The lowest BCUT2D eigenvalue weighted by Crippen LogP contribution is -2.07. The van der Waals surface area contributed by atoms with Gasteiger partial charge in [-0.3, -0.25) is 0 Å². The van der Waals surface area contributed by atoms with Gasteiger partial charge in [0.15, 0.2) is 0 Å². The molecule has 0 radical (unpaired) electrons. The maximum atomic E-state index is 12.8. The molecular formula is C23H39FO2. The van der Waals surface area contributed by atoms with Gasteiger partial charge < -0.3 is 9.47 Å². The van der Waals surface area contributed by atoms with Crippen LogP contribution in [-0.4, -0.2) is 25.9 Å². The minimum absolute atomic E-state index is 0.142. The highest BCUT2D eigenvalue weighted by atomic mass is 19.1. The van der Waals surface area contributed by atoms with Gasteiger partial charge in [-0.15, -0.1) is 0 Å². The van der Waals surface area contributed by atoms with Crippen LogP contribution in [0.1, 0.15) is 83.6 Å². The van der Waals surface area contributed by atoms with Gasteiger partial charge in [0.25, 0.3) is 0 Å². The molecule has 0 amide bonds. The molecule has 1 rings (SSSR count). The van der Waals surface area contributed by atoms with Crippen LogP contribution in [0.15, 0.2) is 24.3 Å². The number of halogens is 1. The third-order valence-electron chi connectivity index (χ3n) is 4.55. The van der Waals surface area contributed by atoms with Crippen LogP contribution in [0.25, 0.3) is 0 Å². The first-order valence-electron chi connectivity index (χ1n) is 10.6. The van der Waals surface area contributed by atoms with Crippen molar-refractivity contribution in [2.45, 2.75) is 90.6 Å². The summed E-state index contributed by atoms with van der Waals surface area (Å²) in [6.07, 6.45) is 14.1. The van der Waals surface area contributed by atoms with E-state index < -0.39 is 0 Å². The van der Waals surface area contributed by atoms with Crippen LogP contribution >= 0.6 is 0 Å². The van der Waals surface area contributed by atoms with Crippen molar-refractivity contribution in [2.75, 3.05) is 19.8 Å². The number of hydrogen-bond acceptors (Lipinski definition) is 2. The van der Waals surface area contributed by atoms with Crippen molar-refractivity contribution in [1.29, 1.82) is 0 Å². The topological polar surface area (TPSA) is 18.5 Å². The predicted molar refractivity (Wildman–Crippen MR) is 108 cm³/mol. The van der Waals surface area contributed by atoms with E-state index in [-0.39, 0.29) is 5.82 Å². The molecular weight excluding hydrogens is 327 g/mol. The zero-order valence-corrected chi connectivity index (χ0v) is 17.0. The molecule has 2 nitrogen and oxygen atoms in total. The van der Waals surface area contributed by atoms with E-state index in [9.17, 15) is 4.39 Å². The Morgan fingerprint density at radius 1 is 0.692 bits per heavy atom. The fraction of sp³-hybridized carbons (Fsp3) is 0.739. The zero-order valence-electron chi connectivity index (χ0n) is 17.0. The van der Waals surface area contributed by atoms with Crippen LogP contribution in [0, 0.1) is 5.82 Å². The lowest BCUT2D eigenvalue weighted by atomic mass is 10.0. The fourth-order valence-corrected chi connectivity index (χ4v) is 3.00. The Balaban J connectivity index is 1.74. The van der Waals surface area contributed by atoms with E-state index >= 15 is 0 Å². The van der Waals surface area contributed by atoms with Crippen LogP contribution in [0.3, 0.4) is 0 Å². The molecule has 0 aliphatic carbocycles. The summed E-state index contributed by atoms with van der Waals surface area (Å²) in [5.41, 5.74) is 1.25. The first-order chi connectivity index (χ1) is 12.7. The summed E-state index contributed by atoms with van der Waals surface area (Å²) in [6.45, 7) is 6.65. The smallest absolute Gasteiger partial charge is 0.123 e. The van der Waals surface area contributed by atoms with Crippen molar-refractivity contribution in [2.24, 2.45) is 0 Å². The molecule has 1 aromatic rings. The van der Waals surface area contributed by atoms with Gasteiger partial charge in [-0.05, 0) is 57.2 Å². The predicted octanol–water partition coefficient (Wildman–Crippen LogP) is 6.71. The van der Waals surface area contributed by atoms with E-state index in [1.807, 2.05) is 12.1 Å². The SMILES string of the molecule is CC(C)OCCCOCCCCCCCCCCCc1ccc(F)cc1. The molecule has 1 aromatic carbocycles. The number of aryl methyl sites for hydroxylation is 1. The zero-order chi connectivity index (χ0) is 18.9. The lowest BCUT2D eigenvalue weighted by Gasteiger charge is -2.07. The minimum Gasteiger partial charge on any atom is -0.381 e. The second-order valence-corrected chi connectivity index (χ2v) is 7.44. The molecule has 0 atom stereocenters. The van der Waals surface area contributed by atoms with E-state index in [2.05, 4.69) is 13.8 Å². The van der Waals surface area contributed by atoms with Crippen LogP contribution in [0.4, 0.5) is 4.39 Å². The monoisotopic (exact) mass is 366 g/mol. The van der Waals surface area contributed by atoms with Gasteiger partial charge in [-0.2, -0.15) is 0 Å². The summed E-state index contributed by atoms with van der Waals surface area (Å²) >= 11 is 0. The minimum atomic E-state index is -0.142. The van der Waals surface area contributed by atoms with Crippen molar-refractivity contribution in [1.82, 2.24) is 0 Å². The largest absolute Gasteiger partial charge is 0.381 e. The molecule has 0 aromatic heterocycles. The van der Waals surface area contributed by atoms with Crippen LogP contribution in [0.5, 0.6) is 0 Å². The van der Waals surface area contributed by atoms with Crippen molar-refractivity contribution in [3.63, 3.8) is 0 Å². The highest BCUT2D eigenvalue weighted by Crippen LogP contribution is 2.12. The number of benzene rings is 1. The van der Waals surface area contributed by atoms with E-state index in [0.29, 0.717) is 6.10 Å². The second-order valence-electron chi connectivity index (χ2n) is 7.44. The summed E-state index contributed by atoms with van der Waals surface area (Å²) in [5.74, 6) is -0.142. The van der Waals surface area contributed by atoms with Gasteiger partial charge in [-0.25, -0.2) is 4.39 Å². The maximum absolute atomic E-state index is 12.8. The molecule has 0 saturated heterocycles. The van der Waals surface area contributed by atoms with Crippen LogP contribution in [0.2, 0.25) is 0 Å². The van der Waals surface area contributed by atoms with E-state index in [1.165, 1.54) is 63.4 Å². The van der Waals surface area contributed by atoms with Gasteiger partial charge in [0.2, 0.25) is 0 Å². The fourth-order valence-electron chi connectivity index (χ4n) is 3.00. The first kappa shape index (κ1) is 23.1. The van der Waals surface area contributed by atoms with E-state index in [1.54, 1.807) is 12.1 Å². The van der Waals surface area contributed by atoms with Gasteiger partial charge in [0.1, 0.15) is 5.82 Å². The average Bonchev–Trinajstić information content (AvgIpc) is 2.62. The quantitative estimate of drug-likeness (QED) is 0.285. The molecule has 0 bridgehead atoms. The van der Waals surface area contributed by atoms with Gasteiger partial charge in [-0.1, -0.05) is 57.1 Å². The lowest BCUT2D eigenvalue weighted by molar-refractivity contribution is 0.0507. The van der Waals surface area contributed by atoms with Crippen molar-refractivity contribution in [3.8, 4) is 0 Å². The van der Waals surface area contributed by atoms with Crippen molar-refractivity contribution in [3.05, 3.63) is 35.6 Å². The summed E-state index contributed by atoms with van der Waals surface area (Å²) in [6, 6.07) is 6.92. The van der Waals surface area contributed by atoms with E-state index in [4.69, 9.17) is 9.47 Å². The molecule has 0 saturated carbocycles. The molecule has 0 N–H and O–H groups in total. The first-order valence-corrected chi connectivity index (χ1v) is 10.6. The summed E-state index contributed by atoms with van der Waals surface area (Å²) in [7, 11) is 0. The molecule has 0 spiro atoms. The Bertz CT molecular complexity index is 417. The van der Waals surface area contributed by atoms with Crippen molar-refractivity contribution >= 4 is 0 Å². The third kappa shape index (κ3) is 14.3. The van der Waals surface area contributed by atoms with Crippen molar-refractivity contribution < 1.29 is 13.9 Å². The number of unbranched alkanes of at least 4 members (excludes halogenated alkanes) is 8. The Hall–Kier alpha value is -0.930. The average molecular weight is 367 g/mol. The molecule has 0 aliphatic rings. The Morgan fingerprint density at radius 2 is 1.23 bits per heavy atom. The standard InChI is InChI=1S/C23H39FO2/c1-21(2)26-20-12-19-25-18-11-9-7-5-3-4-6-8-10-13-22-14-16-23(24)17-15-22/h14-17,21H,3-13,18-20H2,1-2H3. The third-order valence-corrected chi connectivity index (χ3v) is 4.55. The number of ether oxygens (including phenoxy) is 2. The van der Waals surface area contributed by atoms with Crippen LogP contribution < -0.4 is 0 Å². The summed E-state index contributed by atoms with van der Waals surface area (Å²) in [4.78, 5) is 0. The van der Waals surface area contributed by atoms with Gasteiger partial charge in [0, 0.05) is 19.8 Å². The summed E-state index contributed by atoms with van der Waals surface area (Å²) < 4.78 is 23.9. The number of rotatable bonds is 17. The molecule has 150 valence electrons. The van der Waals surface area contributed by atoms with Gasteiger partial charge in [0.05, 0.1) is 6.10 Å². The Labute approximate surface area is 160 Å². The number of hydrogen-bond donors (Lipinski definition) is 0. The maximum Gasteiger partial charge on any atom is 0.123 e. The summed E-state index contributed by atoms with van der Waals surface area (Å²) in [5, 5.41) is 0. The molecule has 0 heterocycles. The van der Waals surface area contributed by atoms with Crippen LogP contribution in [-0.2, 0) is 15.9 Å². The highest BCUT2D eigenvalue weighted by Gasteiger charge is 1.97. The highest BCUT2D eigenvalue weighted by molar-refractivity contribution is 5.15. The molecule has 0 fully saturated rings. The molecule has 0 aliphatic heterocycles. The second kappa shape index (κ2) is 16.3. The Morgan fingerprint density at radius 3 is 1.85 bits per heavy atom. The normalized spacial score (nSPS) is 11.4. The molecule has 26 heavy (non-hydrogen) atoms. The van der Waals surface area contributed by atoms with Gasteiger partial charge >= 0.3 is 0 Å².